The maximum atomic E-state index is 9.53. The number of phenolic OH excluding ortho intramolecular Hbond substituents is 1. The SMILES string of the molecule is COc1ccc(-c2ccc3c(c2)CCc2cc(-c4ccc(O)cc4)ccc2-3)cc1. The smallest absolute Gasteiger partial charge is 0.118 e. The van der Waals surface area contributed by atoms with E-state index >= 15 is 0 Å². The first-order chi connectivity index (χ1) is 14.2. The molecule has 0 unspecified atom stereocenters. The van der Waals surface area contributed by atoms with Crippen LogP contribution in [0.1, 0.15) is 11.1 Å². The van der Waals surface area contributed by atoms with E-state index in [0.29, 0.717) is 5.75 Å². The lowest BCUT2D eigenvalue weighted by atomic mass is 9.83. The molecule has 0 fully saturated rings. The van der Waals surface area contributed by atoms with Crippen molar-refractivity contribution in [1.29, 1.82) is 0 Å². The second kappa shape index (κ2) is 7.14. The van der Waals surface area contributed by atoms with Gasteiger partial charge in [0.05, 0.1) is 7.11 Å². The highest BCUT2D eigenvalue weighted by molar-refractivity contribution is 5.80. The zero-order valence-electron chi connectivity index (χ0n) is 16.4. The zero-order chi connectivity index (χ0) is 19.8. The van der Waals surface area contributed by atoms with Gasteiger partial charge in [0.2, 0.25) is 0 Å². The molecule has 142 valence electrons. The molecule has 1 aliphatic rings. The van der Waals surface area contributed by atoms with Gasteiger partial charge in [0.25, 0.3) is 0 Å². The first kappa shape index (κ1) is 17.6. The zero-order valence-corrected chi connectivity index (χ0v) is 16.4. The molecular weight excluding hydrogens is 356 g/mol. The molecule has 0 saturated carbocycles. The monoisotopic (exact) mass is 378 g/mol. The Hall–Kier alpha value is -3.52. The Morgan fingerprint density at radius 3 is 1.52 bits per heavy atom. The van der Waals surface area contributed by atoms with Gasteiger partial charge in [-0.25, -0.2) is 0 Å². The maximum absolute atomic E-state index is 9.53. The third-order valence-electron chi connectivity index (χ3n) is 5.79. The minimum atomic E-state index is 0.299. The van der Waals surface area contributed by atoms with Crippen molar-refractivity contribution in [2.45, 2.75) is 12.8 Å². The van der Waals surface area contributed by atoms with Crippen molar-refractivity contribution in [2.75, 3.05) is 7.11 Å². The van der Waals surface area contributed by atoms with Crippen LogP contribution < -0.4 is 4.74 Å². The highest BCUT2D eigenvalue weighted by Crippen LogP contribution is 2.38. The summed E-state index contributed by atoms with van der Waals surface area (Å²) >= 11 is 0. The maximum Gasteiger partial charge on any atom is 0.118 e. The molecular formula is C27H22O2. The third kappa shape index (κ3) is 3.27. The molecule has 0 radical (unpaired) electrons. The molecule has 0 heterocycles. The van der Waals surface area contributed by atoms with Gasteiger partial charge in [0.1, 0.15) is 11.5 Å². The van der Waals surface area contributed by atoms with Gasteiger partial charge in [-0.05, 0) is 81.6 Å². The Bertz CT molecular complexity index is 1170. The van der Waals surface area contributed by atoms with Gasteiger partial charge in [-0.1, -0.05) is 60.7 Å². The number of ether oxygens (including phenoxy) is 1. The van der Waals surface area contributed by atoms with E-state index in [0.717, 1.165) is 24.2 Å². The Kier molecular flexibility index (Phi) is 4.33. The van der Waals surface area contributed by atoms with Crippen LogP contribution in [0.4, 0.5) is 0 Å². The fourth-order valence-corrected chi connectivity index (χ4v) is 4.19. The Morgan fingerprint density at radius 1 is 0.586 bits per heavy atom. The molecule has 1 aliphatic carbocycles. The highest BCUT2D eigenvalue weighted by atomic mass is 16.5. The van der Waals surface area contributed by atoms with Crippen LogP contribution in [0.15, 0.2) is 84.9 Å². The Labute approximate surface area is 171 Å². The molecule has 2 nitrogen and oxygen atoms in total. The minimum Gasteiger partial charge on any atom is -0.508 e. The molecule has 4 aromatic carbocycles. The van der Waals surface area contributed by atoms with E-state index in [4.69, 9.17) is 4.74 Å². The highest BCUT2D eigenvalue weighted by Gasteiger charge is 2.17. The number of hydrogen-bond acceptors (Lipinski definition) is 2. The van der Waals surface area contributed by atoms with Gasteiger partial charge >= 0.3 is 0 Å². The third-order valence-corrected chi connectivity index (χ3v) is 5.79. The number of benzene rings is 4. The molecule has 0 saturated heterocycles. The number of rotatable bonds is 3. The fraction of sp³-hybridized carbons (Fsp3) is 0.111. The molecule has 4 aromatic rings. The van der Waals surface area contributed by atoms with Crippen molar-refractivity contribution >= 4 is 0 Å². The van der Waals surface area contributed by atoms with Crippen LogP contribution in [0.5, 0.6) is 11.5 Å². The summed E-state index contributed by atoms with van der Waals surface area (Å²) in [6.45, 7) is 0. The van der Waals surface area contributed by atoms with Crippen LogP contribution in [0.25, 0.3) is 33.4 Å². The van der Waals surface area contributed by atoms with Crippen molar-refractivity contribution in [1.82, 2.24) is 0 Å². The number of aromatic hydroxyl groups is 1. The predicted molar refractivity (Wildman–Crippen MR) is 118 cm³/mol. The van der Waals surface area contributed by atoms with Gasteiger partial charge in [0.15, 0.2) is 0 Å². The summed E-state index contributed by atoms with van der Waals surface area (Å²) in [6.07, 6.45) is 2.09. The topological polar surface area (TPSA) is 29.5 Å². The van der Waals surface area contributed by atoms with Crippen LogP contribution >= 0.6 is 0 Å². The van der Waals surface area contributed by atoms with Crippen LogP contribution in [-0.4, -0.2) is 12.2 Å². The molecule has 0 amide bonds. The summed E-state index contributed by atoms with van der Waals surface area (Å²) < 4.78 is 5.27. The molecule has 0 aromatic heterocycles. The van der Waals surface area contributed by atoms with E-state index in [-0.39, 0.29) is 0 Å². The first-order valence-corrected chi connectivity index (χ1v) is 9.91. The minimum absolute atomic E-state index is 0.299. The van der Waals surface area contributed by atoms with E-state index in [1.807, 2.05) is 24.3 Å². The van der Waals surface area contributed by atoms with Crippen molar-refractivity contribution in [3.63, 3.8) is 0 Å². The van der Waals surface area contributed by atoms with E-state index in [9.17, 15) is 5.11 Å². The van der Waals surface area contributed by atoms with Crippen molar-refractivity contribution in [3.05, 3.63) is 96.1 Å². The molecule has 0 aliphatic heterocycles. The summed E-state index contributed by atoms with van der Waals surface area (Å²) in [5, 5.41) is 9.53. The molecule has 1 N–H and O–H groups in total. The average molecular weight is 378 g/mol. The second-order valence-electron chi connectivity index (χ2n) is 7.52. The summed E-state index contributed by atoms with van der Waals surface area (Å²) in [6, 6.07) is 29.2. The van der Waals surface area contributed by atoms with Gasteiger partial charge in [-0.2, -0.15) is 0 Å². The largest absolute Gasteiger partial charge is 0.508 e. The number of methoxy groups -OCH3 is 1. The number of fused-ring (bicyclic) bond motifs is 3. The quantitative estimate of drug-likeness (QED) is 0.441. The van der Waals surface area contributed by atoms with E-state index in [1.54, 1.807) is 19.2 Å². The van der Waals surface area contributed by atoms with Crippen LogP contribution in [0, 0.1) is 0 Å². The summed E-state index contributed by atoms with van der Waals surface area (Å²) in [4.78, 5) is 0. The lowest BCUT2D eigenvalue weighted by molar-refractivity contribution is 0.415. The summed E-state index contributed by atoms with van der Waals surface area (Å²) in [5.74, 6) is 1.18. The second-order valence-corrected chi connectivity index (χ2v) is 7.52. The first-order valence-electron chi connectivity index (χ1n) is 9.91. The standard InChI is InChI=1S/C27H22O2/c1-29-25-12-6-19(7-13-25)21-9-15-27-23(17-21)3-2-22-16-20(8-14-26(22)27)18-4-10-24(28)11-5-18/h4-17,28H,2-3H2,1H3. The number of hydrogen-bond donors (Lipinski definition) is 1. The number of aryl methyl sites for hydroxylation is 2. The van der Waals surface area contributed by atoms with E-state index in [2.05, 4.69) is 48.5 Å². The predicted octanol–water partition coefficient (Wildman–Crippen LogP) is 6.50. The van der Waals surface area contributed by atoms with Gasteiger partial charge in [0, 0.05) is 0 Å². The van der Waals surface area contributed by atoms with Gasteiger partial charge in [-0.3, -0.25) is 0 Å². The lowest BCUT2D eigenvalue weighted by Crippen LogP contribution is -2.04. The Balaban J connectivity index is 1.50. The fourth-order valence-electron chi connectivity index (χ4n) is 4.19. The Morgan fingerprint density at radius 2 is 1.03 bits per heavy atom. The molecule has 2 heteroatoms. The molecule has 5 rings (SSSR count). The summed E-state index contributed by atoms with van der Waals surface area (Å²) in [7, 11) is 1.69. The van der Waals surface area contributed by atoms with Crippen LogP contribution in [0.2, 0.25) is 0 Å². The van der Waals surface area contributed by atoms with Crippen molar-refractivity contribution in [3.8, 4) is 44.9 Å². The molecule has 0 spiro atoms. The van der Waals surface area contributed by atoms with Crippen molar-refractivity contribution in [2.24, 2.45) is 0 Å². The summed E-state index contributed by atoms with van der Waals surface area (Å²) in [5.41, 5.74) is 10.2. The molecule has 0 bridgehead atoms. The molecule has 0 atom stereocenters. The van der Waals surface area contributed by atoms with Gasteiger partial charge in [-0.15, -0.1) is 0 Å². The number of phenols is 1. The van der Waals surface area contributed by atoms with Gasteiger partial charge < -0.3 is 9.84 Å². The van der Waals surface area contributed by atoms with E-state index in [1.165, 1.54) is 38.9 Å². The van der Waals surface area contributed by atoms with Crippen LogP contribution in [0.3, 0.4) is 0 Å². The van der Waals surface area contributed by atoms with E-state index < -0.39 is 0 Å². The normalized spacial score (nSPS) is 12.2. The van der Waals surface area contributed by atoms with Crippen molar-refractivity contribution < 1.29 is 9.84 Å². The lowest BCUT2D eigenvalue weighted by Gasteiger charge is -2.22. The van der Waals surface area contributed by atoms with Crippen LogP contribution in [-0.2, 0) is 12.8 Å². The molecule has 29 heavy (non-hydrogen) atoms. The average Bonchev–Trinajstić information content (AvgIpc) is 2.79.